The largest absolute Gasteiger partial charge is 0.378 e. The zero-order chi connectivity index (χ0) is 21.2. The van der Waals surface area contributed by atoms with E-state index in [4.69, 9.17) is 9.72 Å². The number of morpholine rings is 1. The summed E-state index contributed by atoms with van der Waals surface area (Å²) in [6.07, 6.45) is 5.12. The highest BCUT2D eigenvalue weighted by Gasteiger charge is 2.13. The first-order chi connectivity index (χ1) is 15.2. The third kappa shape index (κ3) is 3.97. The van der Waals surface area contributed by atoms with Crippen LogP contribution >= 0.6 is 0 Å². The molecule has 31 heavy (non-hydrogen) atoms. The fraction of sp³-hybridized carbons (Fsp3) is 0.217. The maximum atomic E-state index is 12.6. The van der Waals surface area contributed by atoms with Crippen molar-refractivity contribution in [2.24, 2.45) is 0 Å². The third-order valence-corrected chi connectivity index (χ3v) is 5.34. The Bertz CT molecular complexity index is 1260. The minimum absolute atomic E-state index is 0.191. The van der Waals surface area contributed by atoms with E-state index in [0.29, 0.717) is 22.7 Å². The molecule has 0 atom stereocenters. The second-order valence-electron chi connectivity index (χ2n) is 7.42. The molecule has 1 aromatic carbocycles. The molecule has 4 heterocycles. The topological polar surface area (TPSA) is 96.0 Å². The molecule has 1 aliphatic heterocycles. The van der Waals surface area contributed by atoms with Gasteiger partial charge in [-0.3, -0.25) is 4.79 Å². The predicted molar refractivity (Wildman–Crippen MR) is 121 cm³/mol. The van der Waals surface area contributed by atoms with Gasteiger partial charge in [-0.1, -0.05) is 0 Å². The molecule has 8 nitrogen and oxygen atoms in total. The molecule has 0 saturated carbocycles. The highest BCUT2D eigenvalue weighted by atomic mass is 16.5. The van der Waals surface area contributed by atoms with Crippen LogP contribution in [0.25, 0.3) is 22.0 Å². The smallest absolute Gasteiger partial charge is 0.259 e. The lowest BCUT2D eigenvalue weighted by molar-refractivity contribution is 0.122. The molecule has 0 bridgehead atoms. The van der Waals surface area contributed by atoms with Crippen LogP contribution < -0.4 is 15.8 Å². The lowest BCUT2D eigenvalue weighted by Crippen LogP contribution is -2.36. The summed E-state index contributed by atoms with van der Waals surface area (Å²) in [7, 11) is 0. The number of hydrogen-bond donors (Lipinski definition) is 2. The Hall–Kier alpha value is -3.78. The monoisotopic (exact) mass is 414 g/mol. The van der Waals surface area contributed by atoms with Gasteiger partial charge in [0, 0.05) is 48.6 Å². The molecule has 0 spiro atoms. The van der Waals surface area contributed by atoms with Gasteiger partial charge in [0.05, 0.1) is 24.3 Å². The maximum Gasteiger partial charge on any atom is 0.259 e. The van der Waals surface area contributed by atoms with Gasteiger partial charge in [0.1, 0.15) is 11.6 Å². The van der Waals surface area contributed by atoms with Crippen molar-refractivity contribution in [1.29, 1.82) is 0 Å². The quantitative estimate of drug-likeness (QED) is 0.529. The molecule has 2 N–H and O–H groups in total. The Balaban J connectivity index is 1.52. The summed E-state index contributed by atoms with van der Waals surface area (Å²) < 4.78 is 5.43. The van der Waals surface area contributed by atoms with Crippen molar-refractivity contribution < 1.29 is 4.74 Å². The van der Waals surface area contributed by atoms with Crippen molar-refractivity contribution in [1.82, 2.24) is 19.9 Å². The number of H-pyrrole nitrogens is 1. The second-order valence-corrected chi connectivity index (χ2v) is 7.42. The maximum absolute atomic E-state index is 12.6. The van der Waals surface area contributed by atoms with Gasteiger partial charge in [0.25, 0.3) is 5.56 Å². The Labute approximate surface area is 179 Å². The lowest BCUT2D eigenvalue weighted by Gasteiger charge is -2.28. The van der Waals surface area contributed by atoms with Gasteiger partial charge >= 0.3 is 0 Å². The van der Waals surface area contributed by atoms with Crippen molar-refractivity contribution in [3.8, 4) is 11.3 Å². The minimum Gasteiger partial charge on any atom is -0.378 e. The van der Waals surface area contributed by atoms with Crippen LogP contribution in [0.15, 0.2) is 59.8 Å². The van der Waals surface area contributed by atoms with Crippen LogP contribution in [0.4, 0.5) is 17.2 Å². The molecular formula is C23H22N6O2. The Morgan fingerprint density at radius 3 is 2.55 bits per heavy atom. The van der Waals surface area contributed by atoms with Crippen LogP contribution in [-0.4, -0.2) is 46.2 Å². The highest BCUT2D eigenvalue weighted by Crippen LogP contribution is 2.28. The van der Waals surface area contributed by atoms with Gasteiger partial charge in [-0.05, 0) is 48.7 Å². The summed E-state index contributed by atoms with van der Waals surface area (Å²) in [5.41, 5.74) is 3.30. The highest BCUT2D eigenvalue weighted by molar-refractivity contribution is 5.95. The number of nitrogens with one attached hydrogen (secondary N) is 2. The first-order valence-corrected chi connectivity index (χ1v) is 10.2. The lowest BCUT2D eigenvalue weighted by atomic mass is 10.1. The van der Waals surface area contributed by atoms with Gasteiger partial charge in [-0.25, -0.2) is 15.0 Å². The molecular weight excluding hydrogens is 392 g/mol. The Kier molecular flexibility index (Phi) is 5.05. The average molecular weight is 414 g/mol. The number of nitrogens with zero attached hydrogens (tertiary/aromatic N) is 4. The zero-order valence-electron chi connectivity index (χ0n) is 17.1. The molecule has 156 valence electrons. The SMILES string of the molecule is Cc1ncc(-c2cc3cc[nH]c(=O)c3c(Nc3ccc(N4CCOCC4)cc3)n2)cn1. The Morgan fingerprint density at radius 2 is 1.81 bits per heavy atom. The molecule has 1 fully saturated rings. The first kappa shape index (κ1) is 19.2. The van der Waals surface area contributed by atoms with Crippen LogP contribution in [0, 0.1) is 6.92 Å². The van der Waals surface area contributed by atoms with Crippen molar-refractivity contribution in [2.45, 2.75) is 6.92 Å². The van der Waals surface area contributed by atoms with Gasteiger partial charge in [-0.2, -0.15) is 0 Å². The normalized spacial score (nSPS) is 14.0. The van der Waals surface area contributed by atoms with Gasteiger partial charge < -0.3 is 19.9 Å². The first-order valence-electron chi connectivity index (χ1n) is 10.2. The average Bonchev–Trinajstić information content (AvgIpc) is 2.80. The number of fused-ring (bicyclic) bond motifs is 1. The number of pyridine rings is 2. The summed E-state index contributed by atoms with van der Waals surface area (Å²) in [6, 6.07) is 11.9. The number of aromatic nitrogens is 4. The molecule has 4 aromatic rings. The fourth-order valence-corrected chi connectivity index (χ4v) is 3.69. The molecule has 0 aliphatic carbocycles. The van der Waals surface area contributed by atoms with E-state index in [-0.39, 0.29) is 5.56 Å². The summed E-state index contributed by atoms with van der Waals surface area (Å²) >= 11 is 0. The molecule has 5 rings (SSSR count). The number of aromatic amines is 1. The molecule has 0 amide bonds. The van der Waals surface area contributed by atoms with Crippen molar-refractivity contribution in [3.63, 3.8) is 0 Å². The van der Waals surface area contributed by atoms with E-state index in [2.05, 4.69) is 37.3 Å². The van der Waals surface area contributed by atoms with E-state index in [9.17, 15) is 4.79 Å². The second kappa shape index (κ2) is 8.16. The van der Waals surface area contributed by atoms with Crippen LogP contribution in [0.5, 0.6) is 0 Å². The summed E-state index contributed by atoms with van der Waals surface area (Å²) in [4.78, 5) is 30.9. The molecule has 8 heteroatoms. The van der Waals surface area contributed by atoms with Crippen LogP contribution in [0.2, 0.25) is 0 Å². The summed E-state index contributed by atoms with van der Waals surface area (Å²) in [6.45, 7) is 5.09. The van der Waals surface area contributed by atoms with Crippen LogP contribution in [-0.2, 0) is 4.74 Å². The van der Waals surface area contributed by atoms with E-state index in [1.165, 1.54) is 0 Å². The third-order valence-electron chi connectivity index (χ3n) is 5.34. The van der Waals surface area contributed by atoms with E-state index in [0.717, 1.165) is 48.6 Å². The van der Waals surface area contributed by atoms with Gasteiger partial charge in [0.15, 0.2) is 0 Å². The van der Waals surface area contributed by atoms with Gasteiger partial charge in [-0.15, -0.1) is 0 Å². The number of rotatable bonds is 4. The van der Waals surface area contributed by atoms with Crippen molar-refractivity contribution in [3.05, 3.63) is 71.2 Å². The summed E-state index contributed by atoms with van der Waals surface area (Å²) in [5, 5.41) is 4.63. The minimum atomic E-state index is -0.191. The summed E-state index contributed by atoms with van der Waals surface area (Å²) in [5.74, 6) is 1.19. The Morgan fingerprint density at radius 1 is 1.06 bits per heavy atom. The standard InChI is InChI=1S/C23H22N6O2/c1-15-25-13-17(14-26-15)20-12-16-6-7-24-23(30)21(16)22(28-20)27-18-2-4-19(5-3-18)29-8-10-31-11-9-29/h2-7,12-14H,8-11H2,1H3,(H,24,30)(H,27,28). The number of benzene rings is 1. The van der Waals surface area contributed by atoms with E-state index in [1.807, 2.05) is 31.2 Å². The van der Waals surface area contributed by atoms with Gasteiger partial charge in [0.2, 0.25) is 0 Å². The molecule has 0 unspecified atom stereocenters. The number of ether oxygens (including phenoxy) is 1. The number of anilines is 3. The molecule has 0 radical (unpaired) electrons. The van der Waals surface area contributed by atoms with Crippen molar-refractivity contribution >= 4 is 28.0 Å². The molecule has 1 aliphatic rings. The van der Waals surface area contributed by atoms with Crippen LogP contribution in [0.3, 0.4) is 0 Å². The fourth-order valence-electron chi connectivity index (χ4n) is 3.69. The molecule has 3 aromatic heterocycles. The van der Waals surface area contributed by atoms with E-state index >= 15 is 0 Å². The van der Waals surface area contributed by atoms with Crippen molar-refractivity contribution in [2.75, 3.05) is 36.5 Å². The van der Waals surface area contributed by atoms with E-state index < -0.39 is 0 Å². The van der Waals surface area contributed by atoms with E-state index in [1.54, 1.807) is 18.6 Å². The van der Waals surface area contributed by atoms with Crippen LogP contribution in [0.1, 0.15) is 5.82 Å². The molecule has 1 saturated heterocycles. The number of aryl methyl sites for hydroxylation is 1. The number of hydrogen-bond acceptors (Lipinski definition) is 7. The zero-order valence-corrected chi connectivity index (χ0v) is 17.1. The predicted octanol–water partition coefficient (Wildman–Crippen LogP) is 3.27.